The number of hydrogen-bond acceptors (Lipinski definition) is 3. The predicted octanol–water partition coefficient (Wildman–Crippen LogP) is 3.43. The first-order chi connectivity index (χ1) is 7.79. The van der Waals surface area contributed by atoms with Crippen molar-refractivity contribution in [3.63, 3.8) is 0 Å². The molecule has 0 radical (unpaired) electrons. The molecular weight excluding hydrogens is 216 g/mol. The summed E-state index contributed by atoms with van der Waals surface area (Å²) in [5.41, 5.74) is 3.75. The van der Waals surface area contributed by atoms with E-state index in [0.29, 0.717) is 0 Å². The monoisotopic (exact) mass is 232 g/mol. The van der Waals surface area contributed by atoms with E-state index in [-0.39, 0.29) is 0 Å². The van der Waals surface area contributed by atoms with Crippen LogP contribution < -0.4 is 10.2 Å². The fraction of sp³-hybridized carbons (Fsp3) is 0.231. The molecule has 0 spiro atoms. The predicted molar refractivity (Wildman–Crippen MR) is 72.4 cm³/mol. The zero-order chi connectivity index (χ0) is 11.4. The second kappa shape index (κ2) is 5.03. The number of hydrogen-bond donors (Lipinski definition) is 1. The highest BCUT2D eigenvalue weighted by Crippen LogP contribution is 2.19. The highest BCUT2D eigenvalue weighted by atomic mass is 32.1. The molecule has 0 saturated carbocycles. The maximum atomic E-state index is 3.12. The molecule has 2 nitrogen and oxygen atoms in total. The first-order valence-electron chi connectivity index (χ1n) is 5.29. The molecule has 1 N–H and O–H groups in total. The first kappa shape index (κ1) is 11.0. The van der Waals surface area contributed by atoms with Crippen molar-refractivity contribution >= 4 is 22.7 Å². The summed E-state index contributed by atoms with van der Waals surface area (Å²) in [6.45, 7) is 0.961. The van der Waals surface area contributed by atoms with Crippen molar-refractivity contribution in [2.45, 2.75) is 6.54 Å². The fourth-order valence-electron chi connectivity index (χ4n) is 1.63. The van der Waals surface area contributed by atoms with Gasteiger partial charge in [0.05, 0.1) is 0 Å². The summed E-state index contributed by atoms with van der Waals surface area (Å²) >= 11 is 1.75. The molecule has 84 valence electrons. The molecule has 0 fully saturated rings. The van der Waals surface area contributed by atoms with E-state index in [9.17, 15) is 0 Å². The van der Waals surface area contributed by atoms with Gasteiger partial charge in [-0.1, -0.05) is 0 Å². The van der Waals surface area contributed by atoms with Crippen molar-refractivity contribution in [2.75, 3.05) is 24.3 Å². The van der Waals surface area contributed by atoms with E-state index >= 15 is 0 Å². The quantitative estimate of drug-likeness (QED) is 0.869. The Labute approximate surface area is 101 Å². The Morgan fingerprint density at radius 2 is 1.94 bits per heavy atom. The Morgan fingerprint density at radius 3 is 2.50 bits per heavy atom. The van der Waals surface area contributed by atoms with Gasteiger partial charge in [-0.2, -0.15) is 11.3 Å². The van der Waals surface area contributed by atoms with Crippen molar-refractivity contribution in [1.29, 1.82) is 0 Å². The van der Waals surface area contributed by atoms with Crippen LogP contribution in [0.1, 0.15) is 5.56 Å². The second-order valence-electron chi connectivity index (χ2n) is 3.78. The van der Waals surface area contributed by atoms with Crippen LogP contribution in [0.15, 0.2) is 41.1 Å². The average molecular weight is 232 g/mol. The molecule has 0 atom stereocenters. The van der Waals surface area contributed by atoms with Gasteiger partial charge in [0, 0.05) is 32.0 Å². The van der Waals surface area contributed by atoms with Crippen molar-refractivity contribution < 1.29 is 0 Å². The molecule has 0 aliphatic heterocycles. The smallest absolute Gasteiger partial charge is 0.0434 e. The highest BCUT2D eigenvalue weighted by molar-refractivity contribution is 7.07. The molecule has 3 heteroatoms. The van der Waals surface area contributed by atoms with Crippen LogP contribution in [-0.4, -0.2) is 14.1 Å². The number of rotatable bonds is 4. The Bertz CT molecular complexity index is 420. The van der Waals surface area contributed by atoms with Crippen molar-refractivity contribution in [3.05, 3.63) is 46.7 Å². The van der Waals surface area contributed by atoms with Gasteiger partial charge in [-0.25, -0.2) is 0 Å². The Kier molecular flexibility index (Phi) is 3.47. The van der Waals surface area contributed by atoms with E-state index in [4.69, 9.17) is 0 Å². The van der Waals surface area contributed by atoms with Gasteiger partial charge in [0.2, 0.25) is 0 Å². The summed E-state index contributed by atoms with van der Waals surface area (Å²) in [7, 11) is 4.05. The molecule has 0 aliphatic carbocycles. The van der Waals surface area contributed by atoms with Crippen LogP contribution in [-0.2, 0) is 6.54 Å². The summed E-state index contributed by atoms with van der Waals surface area (Å²) in [5.74, 6) is 0. The van der Waals surface area contributed by atoms with Crippen molar-refractivity contribution in [2.24, 2.45) is 0 Å². The van der Waals surface area contributed by atoms with Gasteiger partial charge in [0.15, 0.2) is 0 Å². The van der Waals surface area contributed by atoms with Crippen LogP contribution in [0, 0.1) is 0 Å². The number of nitrogens with one attached hydrogen (secondary N) is 1. The maximum Gasteiger partial charge on any atom is 0.0434 e. The lowest BCUT2D eigenvalue weighted by atomic mass is 10.2. The first-order valence-corrected chi connectivity index (χ1v) is 6.24. The molecule has 2 rings (SSSR count). The topological polar surface area (TPSA) is 15.3 Å². The summed E-state index contributed by atoms with van der Waals surface area (Å²) in [5, 5.41) is 7.43. The average Bonchev–Trinajstić information content (AvgIpc) is 2.82. The summed E-state index contributed by atoms with van der Waals surface area (Å²) in [6, 6.07) is 10.6. The molecule has 0 saturated heterocycles. The second-order valence-corrected chi connectivity index (χ2v) is 4.56. The van der Waals surface area contributed by atoms with Gasteiger partial charge in [0.1, 0.15) is 0 Å². The molecule has 0 unspecified atom stereocenters. The normalized spacial score (nSPS) is 10.1. The van der Waals surface area contributed by atoms with E-state index in [0.717, 1.165) is 12.2 Å². The van der Waals surface area contributed by atoms with Crippen LogP contribution in [0.25, 0.3) is 0 Å². The zero-order valence-electron chi connectivity index (χ0n) is 9.60. The minimum Gasteiger partial charge on any atom is -0.388 e. The third kappa shape index (κ3) is 2.55. The Balaban J connectivity index is 2.05. The van der Waals surface area contributed by atoms with Crippen LogP contribution in [0.4, 0.5) is 11.4 Å². The Hall–Kier alpha value is -1.48. The lowest BCUT2D eigenvalue weighted by molar-refractivity contribution is 0.928. The van der Waals surface area contributed by atoms with Gasteiger partial charge < -0.3 is 10.2 Å². The number of anilines is 2. The summed E-state index contributed by atoms with van der Waals surface area (Å²) in [6.07, 6.45) is 0. The van der Waals surface area contributed by atoms with Gasteiger partial charge in [-0.15, -0.1) is 0 Å². The van der Waals surface area contributed by atoms with Crippen molar-refractivity contribution in [3.8, 4) is 0 Å². The van der Waals surface area contributed by atoms with E-state index in [1.165, 1.54) is 11.3 Å². The zero-order valence-corrected chi connectivity index (χ0v) is 10.4. The molecule has 0 aliphatic rings. The standard InChI is InChI=1S/C13H16N2S/c1-14-12-3-5-13(6-4-12)15(2)9-11-7-8-16-10-11/h3-8,10,14H,9H2,1-2H3. The van der Waals surface area contributed by atoms with Crippen molar-refractivity contribution in [1.82, 2.24) is 0 Å². The molecule has 1 aromatic heterocycles. The molecule has 16 heavy (non-hydrogen) atoms. The molecule has 1 aromatic carbocycles. The minimum atomic E-state index is 0.961. The van der Waals surface area contributed by atoms with Crippen LogP contribution in [0.2, 0.25) is 0 Å². The molecule has 2 aromatic rings. The SMILES string of the molecule is CNc1ccc(N(C)Cc2ccsc2)cc1. The van der Waals surface area contributed by atoms with Gasteiger partial charge in [-0.3, -0.25) is 0 Å². The summed E-state index contributed by atoms with van der Waals surface area (Å²) < 4.78 is 0. The molecular formula is C13H16N2S. The fourth-order valence-corrected chi connectivity index (χ4v) is 2.29. The van der Waals surface area contributed by atoms with Crippen LogP contribution in [0.5, 0.6) is 0 Å². The van der Waals surface area contributed by atoms with Crippen LogP contribution >= 0.6 is 11.3 Å². The molecule has 0 bridgehead atoms. The highest BCUT2D eigenvalue weighted by Gasteiger charge is 2.02. The van der Waals surface area contributed by atoms with E-state index < -0.39 is 0 Å². The lowest BCUT2D eigenvalue weighted by Crippen LogP contribution is -2.15. The van der Waals surface area contributed by atoms with Gasteiger partial charge >= 0.3 is 0 Å². The van der Waals surface area contributed by atoms with Crippen LogP contribution in [0.3, 0.4) is 0 Å². The van der Waals surface area contributed by atoms with Gasteiger partial charge in [-0.05, 0) is 46.7 Å². The summed E-state index contributed by atoms with van der Waals surface area (Å²) in [4.78, 5) is 2.25. The molecule has 0 amide bonds. The largest absolute Gasteiger partial charge is 0.388 e. The Morgan fingerprint density at radius 1 is 1.19 bits per heavy atom. The number of nitrogens with zero attached hydrogens (tertiary/aromatic N) is 1. The van der Waals surface area contributed by atoms with Gasteiger partial charge in [0.25, 0.3) is 0 Å². The maximum absolute atomic E-state index is 3.12. The third-order valence-corrected chi connectivity index (χ3v) is 3.33. The third-order valence-electron chi connectivity index (χ3n) is 2.60. The number of thiophene rings is 1. The minimum absolute atomic E-state index is 0.961. The lowest BCUT2D eigenvalue weighted by Gasteiger charge is -2.18. The number of benzene rings is 1. The van der Waals surface area contributed by atoms with E-state index in [2.05, 4.69) is 58.4 Å². The van der Waals surface area contributed by atoms with E-state index in [1.807, 2.05) is 7.05 Å². The molecule has 1 heterocycles. The van der Waals surface area contributed by atoms with E-state index in [1.54, 1.807) is 11.3 Å².